The van der Waals surface area contributed by atoms with Crippen LogP contribution >= 0.6 is 0 Å². The first-order valence-electron chi connectivity index (χ1n) is 8.43. The van der Waals surface area contributed by atoms with Crippen LogP contribution in [0.4, 0.5) is 4.79 Å². The molecule has 0 atom stereocenters. The van der Waals surface area contributed by atoms with Crippen LogP contribution < -0.4 is 5.32 Å². The molecule has 1 heterocycles. The molecule has 0 spiro atoms. The molecule has 0 aromatic carbocycles. The van der Waals surface area contributed by atoms with Crippen LogP contribution in [0.15, 0.2) is 0 Å². The zero-order valence-electron chi connectivity index (χ0n) is 15.2. The van der Waals surface area contributed by atoms with Gasteiger partial charge in [0.15, 0.2) is 0 Å². The number of methoxy groups -OCH3 is 1. The Morgan fingerprint density at radius 3 is 2.44 bits per heavy atom. The summed E-state index contributed by atoms with van der Waals surface area (Å²) in [7, 11) is -1.90. The van der Waals surface area contributed by atoms with Crippen LogP contribution in [0.25, 0.3) is 0 Å². The minimum Gasteiger partial charge on any atom is -0.450 e. The fourth-order valence-corrected chi connectivity index (χ4v) is 3.94. The number of hydrogen-bond donors (Lipinski definition) is 1. The number of hydrogen-bond acceptors (Lipinski definition) is 6. The first-order chi connectivity index (χ1) is 11.8. The average molecular weight is 379 g/mol. The molecule has 0 aliphatic carbocycles. The van der Waals surface area contributed by atoms with Crippen LogP contribution in [0.2, 0.25) is 0 Å². The van der Waals surface area contributed by atoms with Gasteiger partial charge in [0, 0.05) is 45.8 Å². The van der Waals surface area contributed by atoms with Gasteiger partial charge in [-0.05, 0) is 19.8 Å². The monoisotopic (exact) mass is 379 g/mol. The van der Waals surface area contributed by atoms with Gasteiger partial charge in [-0.3, -0.25) is 4.79 Å². The fraction of sp³-hybridized carbons (Fsp3) is 0.867. The normalized spacial score (nSPS) is 16.1. The average Bonchev–Trinajstić information content (AvgIpc) is 2.55. The molecule has 0 radical (unpaired) electrons. The third-order valence-corrected chi connectivity index (χ3v) is 5.34. The van der Waals surface area contributed by atoms with Gasteiger partial charge in [-0.25, -0.2) is 13.2 Å². The molecule has 1 aliphatic heterocycles. The highest BCUT2D eigenvalue weighted by molar-refractivity contribution is 7.88. The van der Waals surface area contributed by atoms with Crippen LogP contribution in [-0.2, 0) is 24.3 Å². The van der Waals surface area contributed by atoms with Gasteiger partial charge in [0.25, 0.3) is 0 Å². The Kier molecular flexibility index (Phi) is 9.15. The Morgan fingerprint density at radius 1 is 1.28 bits per heavy atom. The van der Waals surface area contributed by atoms with Gasteiger partial charge < -0.3 is 19.7 Å². The number of nitrogens with zero attached hydrogens (tertiary/aromatic N) is 2. The highest BCUT2D eigenvalue weighted by Crippen LogP contribution is 2.20. The van der Waals surface area contributed by atoms with E-state index in [9.17, 15) is 18.0 Å². The molecule has 0 aromatic heterocycles. The minimum atomic E-state index is -3.44. The summed E-state index contributed by atoms with van der Waals surface area (Å²) in [4.78, 5) is 25.1. The second kappa shape index (κ2) is 10.6. The molecule has 1 N–H and O–H groups in total. The summed E-state index contributed by atoms with van der Waals surface area (Å²) in [6, 6.07) is -0.215. The van der Waals surface area contributed by atoms with E-state index < -0.39 is 10.0 Å². The second-order valence-electron chi connectivity index (χ2n) is 5.88. The van der Waals surface area contributed by atoms with E-state index in [2.05, 4.69) is 5.32 Å². The van der Waals surface area contributed by atoms with Crippen LogP contribution in [0.5, 0.6) is 0 Å². The van der Waals surface area contributed by atoms with Crippen molar-refractivity contribution >= 4 is 22.0 Å². The lowest BCUT2D eigenvalue weighted by Gasteiger charge is -2.36. The molecule has 1 aliphatic rings. The van der Waals surface area contributed by atoms with E-state index >= 15 is 0 Å². The smallest absolute Gasteiger partial charge is 0.409 e. The van der Waals surface area contributed by atoms with Crippen LogP contribution in [-0.4, -0.2) is 88.4 Å². The highest BCUT2D eigenvalue weighted by Gasteiger charge is 2.32. The zero-order valence-corrected chi connectivity index (χ0v) is 16.0. The number of sulfonamides is 1. The first kappa shape index (κ1) is 21.7. The summed E-state index contributed by atoms with van der Waals surface area (Å²) >= 11 is 0. The summed E-state index contributed by atoms with van der Waals surface area (Å²) in [6.07, 6.45) is 1.92. The number of likely N-dealkylation sites (tertiary alicyclic amines) is 1. The number of amides is 2. The van der Waals surface area contributed by atoms with Crippen molar-refractivity contribution in [1.82, 2.24) is 14.5 Å². The van der Waals surface area contributed by atoms with E-state index in [1.54, 1.807) is 18.9 Å². The molecule has 10 heteroatoms. The molecular weight excluding hydrogens is 350 g/mol. The lowest BCUT2D eigenvalue weighted by molar-refractivity contribution is -0.121. The van der Waals surface area contributed by atoms with Crippen molar-refractivity contribution in [3.63, 3.8) is 0 Å². The SMILES string of the molecule is CCOC(=O)N1CCC(N(CCC(=O)NCCOC)S(C)(=O)=O)CC1. The van der Waals surface area contributed by atoms with Gasteiger partial charge in [-0.1, -0.05) is 0 Å². The second-order valence-corrected chi connectivity index (χ2v) is 7.82. The Balaban J connectivity index is 2.55. The number of ether oxygens (including phenoxy) is 2. The van der Waals surface area contributed by atoms with E-state index in [4.69, 9.17) is 9.47 Å². The Hall–Kier alpha value is -1.39. The number of carbonyl (C=O) groups excluding carboxylic acids is 2. The van der Waals surface area contributed by atoms with Gasteiger partial charge >= 0.3 is 6.09 Å². The first-order valence-corrected chi connectivity index (χ1v) is 10.3. The van der Waals surface area contributed by atoms with Crippen molar-refractivity contribution < 1.29 is 27.5 Å². The van der Waals surface area contributed by atoms with Crippen molar-refractivity contribution in [2.75, 3.05) is 52.8 Å². The molecule has 9 nitrogen and oxygen atoms in total. The van der Waals surface area contributed by atoms with E-state index in [-0.39, 0.29) is 31.0 Å². The highest BCUT2D eigenvalue weighted by atomic mass is 32.2. The van der Waals surface area contributed by atoms with Gasteiger partial charge in [0.2, 0.25) is 15.9 Å². The molecule has 2 amide bonds. The maximum absolute atomic E-state index is 12.1. The number of rotatable bonds is 9. The lowest BCUT2D eigenvalue weighted by atomic mass is 10.1. The standard InChI is InChI=1S/C15H29N3O6S/c1-4-24-15(20)17-9-5-13(6-10-17)18(25(3,21)22)11-7-14(19)16-8-12-23-2/h13H,4-12H2,1-3H3,(H,16,19). The molecule has 0 saturated carbocycles. The van der Waals surface area contributed by atoms with Crippen LogP contribution in [0.3, 0.4) is 0 Å². The maximum Gasteiger partial charge on any atom is 0.409 e. The van der Waals surface area contributed by atoms with Crippen molar-refractivity contribution in [1.29, 1.82) is 0 Å². The summed E-state index contributed by atoms with van der Waals surface area (Å²) in [5.74, 6) is -0.213. The van der Waals surface area contributed by atoms with Crippen molar-refractivity contribution in [2.24, 2.45) is 0 Å². The molecule has 0 bridgehead atoms. The molecular formula is C15H29N3O6S. The van der Waals surface area contributed by atoms with E-state index in [1.165, 1.54) is 4.31 Å². The molecule has 1 rings (SSSR count). The summed E-state index contributed by atoms with van der Waals surface area (Å²) < 4.78 is 35.4. The predicted molar refractivity (Wildman–Crippen MR) is 92.7 cm³/mol. The maximum atomic E-state index is 12.1. The molecule has 1 saturated heterocycles. The van der Waals surface area contributed by atoms with Crippen molar-refractivity contribution in [2.45, 2.75) is 32.2 Å². The summed E-state index contributed by atoms with van der Waals surface area (Å²) in [6.45, 7) is 3.87. The Morgan fingerprint density at radius 2 is 1.92 bits per heavy atom. The zero-order chi connectivity index (χ0) is 18.9. The topological polar surface area (TPSA) is 105 Å². The Bertz CT molecular complexity index is 531. The third-order valence-electron chi connectivity index (χ3n) is 4.01. The van der Waals surface area contributed by atoms with Crippen molar-refractivity contribution in [3.05, 3.63) is 0 Å². The van der Waals surface area contributed by atoms with Gasteiger partial charge in [-0.2, -0.15) is 4.31 Å². The van der Waals surface area contributed by atoms with Crippen molar-refractivity contribution in [3.8, 4) is 0 Å². The van der Waals surface area contributed by atoms with Gasteiger partial charge in [0.1, 0.15) is 0 Å². The van der Waals surface area contributed by atoms with Gasteiger partial charge in [-0.15, -0.1) is 0 Å². The minimum absolute atomic E-state index is 0.0921. The predicted octanol–water partition coefficient (Wildman–Crippen LogP) is 0.0216. The van der Waals surface area contributed by atoms with E-state index in [0.717, 1.165) is 6.26 Å². The summed E-state index contributed by atoms with van der Waals surface area (Å²) in [5.41, 5.74) is 0. The molecule has 25 heavy (non-hydrogen) atoms. The van der Waals surface area contributed by atoms with Gasteiger partial charge in [0.05, 0.1) is 19.5 Å². The number of nitrogens with one attached hydrogen (secondary N) is 1. The third kappa shape index (κ3) is 7.57. The quantitative estimate of drug-likeness (QED) is 0.566. The Labute approximate surface area is 149 Å². The van der Waals surface area contributed by atoms with E-state index in [0.29, 0.717) is 45.7 Å². The summed E-state index contributed by atoms with van der Waals surface area (Å²) in [5, 5.41) is 2.67. The van der Waals surface area contributed by atoms with E-state index in [1.807, 2.05) is 0 Å². The van der Waals surface area contributed by atoms with Crippen LogP contribution in [0.1, 0.15) is 26.2 Å². The van der Waals surface area contributed by atoms with Crippen LogP contribution in [0, 0.1) is 0 Å². The number of carbonyl (C=O) groups is 2. The molecule has 1 fully saturated rings. The molecule has 0 aromatic rings. The molecule has 146 valence electrons. The fourth-order valence-electron chi connectivity index (χ4n) is 2.76. The molecule has 0 unspecified atom stereocenters. The lowest BCUT2D eigenvalue weighted by Crippen LogP contribution is -2.49. The largest absolute Gasteiger partial charge is 0.450 e. The number of piperidine rings is 1.